The molecular formula is C13H23NO2. The van der Waals surface area contributed by atoms with Crippen LogP contribution in [0.4, 0.5) is 0 Å². The van der Waals surface area contributed by atoms with Crippen LogP contribution in [0.1, 0.15) is 37.8 Å². The zero-order chi connectivity index (χ0) is 12.0. The second-order valence-electron chi connectivity index (χ2n) is 4.18. The Morgan fingerprint density at radius 3 is 2.69 bits per heavy atom. The fraction of sp³-hybridized carbons (Fsp3) is 0.692. The van der Waals surface area contributed by atoms with Crippen LogP contribution in [0.5, 0.6) is 0 Å². The van der Waals surface area contributed by atoms with Gasteiger partial charge in [0.1, 0.15) is 11.5 Å². The minimum Gasteiger partial charge on any atom is -0.464 e. The zero-order valence-corrected chi connectivity index (χ0v) is 10.7. The fourth-order valence-corrected chi connectivity index (χ4v) is 1.93. The first-order chi connectivity index (χ1) is 7.72. The summed E-state index contributed by atoms with van der Waals surface area (Å²) in [6.45, 7) is 5.11. The molecule has 0 radical (unpaired) electrons. The van der Waals surface area contributed by atoms with Crippen LogP contribution in [0.25, 0.3) is 0 Å². The maximum absolute atomic E-state index is 5.78. The molecule has 0 aromatic carbocycles. The van der Waals surface area contributed by atoms with Gasteiger partial charge in [-0.3, -0.25) is 0 Å². The highest BCUT2D eigenvalue weighted by Crippen LogP contribution is 2.26. The Balaban J connectivity index is 2.65. The summed E-state index contributed by atoms with van der Waals surface area (Å²) >= 11 is 0. The molecule has 3 nitrogen and oxygen atoms in total. The van der Waals surface area contributed by atoms with Crippen molar-refractivity contribution in [1.29, 1.82) is 0 Å². The minimum atomic E-state index is 0.274. The van der Waals surface area contributed by atoms with E-state index in [2.05, 4.69) is 31.3 Å². The standard InChI is InChI=1S/C13H23NO2/c1-5-11-6-7-12(16-11)13(14-3)10(2)8-9-15-4/h6-7,10,13-14H,5,8-9H2,1-4H3. The number of furan rings is 1. The molecule has 1 heterocycles. The summed E-state index contributed by atoms with van der Waals surface area (Å²) in [5.74, 6) is 2.58. The van der Waals surface area contributed by atoms with E-state index in [1.54, 1.807) is 7.11 Å². The van der Waals surface area contributed by atoms with Gasteiger partial charge in [0.15, 0.2) is 0 Å². The minimum absolute atomic E-state index is 0.274. The van der Waals surface area contributed by atoms with Crippen molar-refractivity contribution in [2.45, 2.75) is 32.7 Å². The summed E-state index contributed by atoms with van der Waals surface area (Å²) in [4.78, 5) is 0. The van der Waals surface area contributed by atoms with Crippen molar-refractivity contribution >= 4 is 0 Å². The molecule has 1 aromatic rings. The Labute approximate surface area is 98.2 Å². The molecule has 1 N–H and O–H groups in total. The lowest BCUT2D eigenvalue weighted by Crippen LogP contribution is -2.23. The third-order valence-electron chi connectivity index (χ3n) is 2.99. The van der Waals surface area contributed by atoms with Gasteiger partial charge in [-0.05, 0) is 31.5 Å². The van der Waals surface area contributed by atoms with Crippen LogP contribution in [0.15, 0.2) is 16.5 Å². The Morgan fingerprint density at radius 2 is 2.19 bits per heavy atom. The van der Waals surface area contributed by atoms with Gasteiger partial charge in [0.05, 0.1) is 6.04 Å². The maximum atomic E-state index is 5.78. The van der Waals surface area contributed by atoms with Crippen LogP contribution in [0, 0.1) is 5.92 Å². The maximum Gasteiger partial charge on any atom is 0.121 e. The molecule has 0 fully saturated rings. The summed E-state index contributed by atoms with van der Waals surface area (Å²) in [7, 11) is 3.71. The summed E-state index contributed by atoms with van der Waals surface area (Å²) in [6.07, 6.45) is 1.98. The van der Waals surface area contributed by atoms with E-state index < -0.39 is 0 Å². The monoisotopic (exact) mass is 225 g/mol. The second kappa shape index (κ2) is 6.71. The van der Waals surface area contributed by atoms with Gasteiger partial charge in [-0.1, -0.05) is 13.8 Å². The fourth-order valence-electron chi connectivity index (χ4n) is 1.93. The number of ether oxygens (including phenoxy) is 1. The highest BCUT2D eigenvalue weighted by molar-refractivity contribution is 5.11. The SMILES string of the molecule is CCc1ccc(C(NC)C(C)CCOC)o1. The number of methoxy groups -OCH3 is 1. The van der Waals surface area contributed by atoms with Gasteiger partial charge >= 0.3 is 0 Å². The molecule has 1 rings (SSSR count). The van der Waals surface area contributed by atoms with E-state index in [-0.39, 0.29) is 6.04 Å². The first-order valence-electron chi connectivity index (χ1n) is 5.97. The van der Waals surface area contributed by atoms with Gasteiger partial charge in [-0.25, -0.2) is 0 Å². The zero-order valence-electron chi connectivity index (χ0n) is 10.7. The van der Waals surface area contributed by atoms with Gasteiger partial charge in [0.25, 0.3) is 0 Å². The molecule has 92 valence electrons. The molecule has 1 aromatic heterocycles. The van der Waals surface area contributed by atoms with Crippen LogP contribution < -0.4 is 5.32 Å². The first-order valence-corrected chi connectivity index (χ1v) is 5.97. The molecule has 0 spiro atoms. The molecule has 0 aliphatic carbocycles. The first kappa shape index (κ1) is 13.3. The van der Waals surface area contributed by atoms with Gasteiger partial charge in [-0.2, -0.15) is 0 Å². The molecule has 0 saturated heterocycles. The smallest absolute Gasteiger partial charge is 0.121 e. The third-order valence-corrected chi connectivity index (χ3v) is 2.99. The van der Waals surface area contributed by atoms with Gasteiger partial charge in [0, 0.05) is 20.1 Å². The van der Waals surface area contributed by atoms with Crippen LogP contribution in [-0.4, -0.2) is 20.8 Å². The predicted octanol–water partition coefficient (Wildman–Crippen LogP) is 2.78. The molecule has 16 heavy (non-hydrogen) atoms. The Morgan fingerprint density at radius 1 is 1.44 bits per heavy atom. The van der Waals surface area contributed by atoms with Crippen LogP contribution in [-0.2, 0) is 11.2 Å². The van der Waals surface area contributed by atoms with Crippen molar-refractivity contribution in [2.24, 2.45) is 5.92 Å². The number of hydrogen-bond acceptors (Lipinski definition) is 3. The highest BCUT2D eigenvalue weighted by Gasteiger charge is 2.20. The molecule has 0 aliphatic rings. The largest absolute Gasteiger partial charge is 0.464 e. The predicted molar refractivity (Wildman–Crippen MR) is 65.5 cm³/mol. The van der Waals surface area contributed by atoms with Crippen molar-refractivity contribution in [3.63, 3.8) is 0 Å². The van der Waals surface area contributed by atoms with Crippen molar-refractivity contribution in [1.82, 2.24) is 5.32 Å². The summed E-state index contributed by atoms with van der Waals surface area (Å²) < 4.78 is 10.9. The van der Waals surface area contributed by atoms with Crippen molar-refractivity contribution in [3.8, 4) is 0 Å². The van der Waals surface area contributed by atoms with Gasteiger partial charge in [-0.15, -0.1) is 0 Å². The normalized spacial score (nSPS) is 15.0. The molecule has 0 saturated carbocycles. The Hall–Kier alpha value is -0.800. The second-order valence-corrected chi connectivity index (χ2v) is 4.18. The number of aryl methyl sites for hydroxylation is 1. The molecular weight excluding hydrogens is 202 g/mol. The lowest BCUT2D eigenvalue weighted by atomic mass is 9.97. The van der Waals surface area contributed by atoms with Crippen molar-refractivity contribution in [3.05, 3.63) is 23.7 Å². The number of hydrogen-bond donors (Lipinski definition) is 1. The van der Waals surface area contributed by atoms with Crippen molar-refractivity contribution in [2.75, 3.05) is 20.8 Å². The average Bonchev–Trinajstić information content (AvgIpc) is 2.76. The topological polar surface area (TPSA) is 34.4 Å². The molecule has 0 bridgehead atoms. The van der Waals surface area contributed by atoms with E-state index in [1.165, 1.54) is 0 Å². The lowest BCUT2D eigenvalue weighted by molar-refractivity contribution is 0.167. The molecule has 0 aliphatic heterocycles. The molecule has 0 amide bonds. The summed E-state index contributed by atoms with van der Waals surface area (Å²) in [5, 5.41) is 3.32. The Bertz CT molecular complexity index is 296. The van der Waals surface area contributed by atoms with E-state index in [4.69, 9.17) is 9.15 Å². The van der Waals surface area contributed by atoms with Crippen LogP contribution in [0.3, 0.4) is 0 Å². The van der Waals surface area contributed by atoms with E-state index >= 15 is 0 Å². The van der Waals surface area contributed by atoms with Crippen LogP contribution in [0.2, 0.25) is 0 Å². The third kappa shape index (κ3) is 3.35. The van der Waals surface area contributed by atoms with E-state index in [0.29, 0.717) is 5.92 Å². The van der Waals surface area contributed by atoms with Gasteiger partial charge in [0.2, 0.25) is 0 Å². The van der Waals surface area contributed by atoms with E-state index in [1.807, 2.05) is 7.05 Å². The molecule has 3 heteroatoms. The molecule has 2 atom stereocenters. The highest BCUT2D eigenvalue weighted by atomic mass is 16.5. The number of nitrogens with one attached hydrogen (secondary N) is 1. The molecule has 2 unspecified atom stereocenters. The average molecular weight is 225 g/mol. The van der Waals surface area contributed by atoms with E-state index in [0.717, 1.165) is 31.0 Å². The van der Waals surface area contributed by atoms with Gasteiger partial charge < -0.3 is 14.5 Å². The van der Waals surface area contributed by atoms with Crippen LogP contribution >= 0.6 is 0 Å². The summed E-state index contributed by atoms with van der Waals surface area (Å²) in [5.41, 5.74) is 0. The van der Waals surface area contributed by atoms with Crippen molar-refractivity contribution < 1.29 is 9.15 Å². The number of rotatable bonds is 7. The van der Waals surface area contributed by atoms with E-state index in [9.17, 15) is 0 Å². The Kier molecular flexibility index (Phi) is 5.56. The quantitative estimate of drug-likeness (QED) is 0.775. The lowest BCUT2D eigenvalue weighted by Gasteiger charge is -2.21. The summed E-state index contributed by atoms with van der Waals surface area (Å²) in [6, 6.07) is 4.40.